The van der Waals surface area contributed by atoms with E-state index in [0.29, 0.717) is 0 Å². The van der Waals surface area contributed by atoms with Gasteiger partial charge in [0, 0.05) is 43.1 Å². The molecule has 168 valence electrons. The predicted octanol–water partition coefficient (Wildman–Crippen LogP) is 4.48. The van der Waals surface area contributed by atoms with Gasteiger partial charge in [-0.3, -0.25) is 4.79 Å². The highest BCUT2D eigenvalue weighted by molar-refractivity contribution is 5.78. The lowest BCUT2D eigenvalue weighted by atomic mass is 9.74. The van der Waals surface area contributed by atoms with Crippen molar-refractivity contribution in [3.63, 3.8) is 0 Å². The molecule has 0 N–H and O–H groups in total. The van der Waals surface area contributed by atoms with Gasteiger partial charge in [0.2, 0.25) is 12.7 Å². The molecule has 2 aromatic carbocycles. The fourth-order valence-corrected chi connectivity index (χ4v) is 5.52. The van der Waals surface area contributed by atoms with Crippen LogP contribution in [-0.2, 0) is 26.1 Å². The Morgan fingerprint density at radius 1 is 1.03 bits per heavy atom. The monoisotopic (exact) mass is 432 g/mol. The maximum atomic E-state index is 12.6. The molecule has 0 aliphatic carbocycles. The van der Waals surface area contributed by atoms with Crippen LogP contribution in [0.5, 0.6) is 0 Å². The van der Waals surface area contributed by atoms with Crippen LogP contribution < -0.4 is 4.90 Å². The number of hydrogen-bond donors (Lipinski definition) is 0. The summed E-state index contributed by atoms with van der Waals surface area (Å²) in [6.45, 7) is 6.85. The van der Waals surface area contributed by atoms with Crippen molar-refractivity contribution in [2.24, 2.45) is 5.92 Å². The van der Waals surface area contributed by atoms with E-state index in [-0.39, 0.29) is 30.1 Å². The molecule has 2 aromatic rings. The smallest absolute Gasteiger partial charge is 0.229 e. The van der Waals surface area contributed by atoms with Crippen LogP contribution in [0.3, 0.4) is 0 Å². The van der Waals surface area contributed by atoms with Gasteiger partial charge in [-0.05, 0) is 30.0 Å². The van der Waals surface area contributed by atoms with Gasteiger partial charge in [0.05, 0.1) is 6.04 Å². The number of carbonyl (C=O) groups is 1. The van der Waals surface area contributed by atoms with E-state index in [9.17, 15) is 4.79 Å². The Bertz CT molecular complexity index is 993. The van der Waals surface area contributed by atoms with Crippen LogP contribution in [0.1, 0.15) is 37.8 Å². The first-order valence-corrected chi connectivity index (χ1v) is 11.7. The third kappa shape index (κ3) is 3.74. The van der Waals surface area contributed by atoms with Gasteiger partial charge in [0.25, 0.3) is 0 Å². The molecular weight excluding hydrogens is 400 g/mol. The molecule has 1 fully saturated rings. The minimum absolute atomic E-state index is 0.0538. The van der Waals surface area contributed by atoms with E-state index in [1.165, 1.54) is 16.8 Å². The number of piperidine rings is 1. The van der Waals surface area contributed by atoms with Crippen molar-refractivity contribution in [1.82, 2.24) is 4.90 Å². The fraction of sp³-hybridized carbons (Fsp3) is 0.444. The third-order valence-corrected chi connectivity index (χ3v) is 7.25. The van der Waals surface area contributed by atoms with Crippen molar-refractivity contribution in [3.8, 4) is 0 Å². The second-order valence-electron chi connectivity index (χ2n) is 9.56. The van der Waals surface area contributed by atoms with Crippen LogP contribution in [0, 0.1) is 5.92 Å². The van der Waals surface area contributed by atoms with Gasteiger partial charge in [-0.15, -0.1) is 0 Å². The van der Waals surface area contributed by atoms with Crippen molar-refractivity contribution < 1.29 is 14.3 Å². The summed E-state index contributed by atoms with van der Waals surface area (Å²) in [4.78, 5) is 17.1. The van der Waals surface area contributed by atoms with E-state index in [4.69, 9.17) is 9.47 Å². The fourth-order valence-electron chi connectivity index (χ4n) is 5.52. The summed E-state index contributed by atoms with van der Waals surface area (Å²) in [5, 5.41) is 0. The lowest BCUT2D eigenvalue weighted by molar-refractivity contribution is -0.136. The molecule has 1 spiro atoms. The molecule has 1 unspecified atom stereocenters. The summed E-state index contributed by atoms with van der Waals surface area (Å²) < 4.78 is 11.4. The Morgan fingerprint density at radius 2 is 1.75 bits per heavy atom. The van der Waals surface area contributed by atoms with Gasteiger partial charge >= 0.3 is 0 Å². The summed E-state index contributed by atoms with van der Waals surface area (Å²) in [6, 6.07) is 19.5. The summed E-state index contributed by atoms with van der Waals surface area (Å²) >= 11 is 0. The number of ether oxygens (including phenoxy) is 2. The van der Waals surface area contributed by atoms with Crippen molar-refractivity contribution in [3.05, 3.63) is 77.7 Å². The number of rotatable bonds is 5. The third-order valence-electron chi connectivity index (χ3n) is 7.25. The number of likely N-dealkylation sites (tertiary alicyclic amines) is 1. The van der Waals surface area contributed by atoms with Crippen LogP contribution >= 0.6 is 0 Å². The van der Waals surface area contributed by atoms with Crippen molar-refractivity contribution in [1.29, 1.82) is 0 Å². The maximum Gasteiger partial charge on any atom is 0.229 e. The summed E-state index contributed by atoms with van der Waals surface area (Å²) in [6.07, 6.45) is 4.63. The summed E-state index contributed by atoms with van der Waals surface area (Å²) in [5.74, 6) is 1.22. The average molecular weight is 433 g/mol. The van der Waals surface area contributed by atoms with Crippen molar-refractivity contribution >= 4 is 11.6 Å². The molecule has 1 amide bonds. The quantitative estimate of drug-likeness (QED) is 0.699. The topological polar surface area (TPSA) is 42.0 Å². The Balaban J connectivity index is 1.45. The van der Waals surface area contributed by atoms with Crippen LogP contribution in [-0.4, -0.2) is 43.3 Å². The second kappa shape index (κ2) is 8.53. The first-order chi connectivity index (χ1) is 15.6. The highest BCUT2D eigenvalue weighted by Gasteiger charge is 2.47. The standard InChI is InChI=1S/C27H32N2O3/c1-20(2)26(30)28-14-12-27(13-15-28)18-29(23-11-7-6-10-22(23)27)24(25-17-31-19-32-25)16-21-8-4-3-5-9-21/h3-11,17,20,24H,12-16,18-19H2,1-2H3. The predicted molar refractivity (Wildman–Crippen MR) is 125 cm³/mol. The van der Waals surface area contributed by atoms with E-state index in [0.717, 1.165) is 44.7 Å². The minimum atomic E-state index is 0.0538. The second-order valence-corrected chi connectivity index (χ2v) is 9.56. The molecule has 3 heterocycles. The molecule has 0 saturated carbocycles. The van der Waals surface area contributed by atoms with Gasteiger partial charge in [-0.2, -0.15) is 0 Å². The zero-order valence-electron chi connectivity index (χ0n) is 19.0. The zero-order chi connectivity index (χ0) is 22.1. The van der Waals surface area contributed by atoms with E-state index in [1.807, 2.05) is 13.8 Å². The molecule has 1 saturated heterocycles. The van der Waals surface area contributed by atoms with Crippen molar-refractivity contribution in [2.75, 3.05) is 31.3 Å². The van der Waals surface area contributed by atoms with E-state index < -0.39 is 0 Å². The number of carbonyl (C=O) groups excluding carboxylic acids is 1. The molecule has 0 aromatic heterocycles. The number of hydrogen-bond acceptors (Lipinski definition) is 4. The number of para-hydroxylation sites is 1. The van der Waals surface area contributed by atoms with Gasteiger partial charge in [0.1, 0.15) is 6.26 Å². The van der Waals surface area contributed by atoms with Gasteiger partial charge in [-0.25, -0.2) is 0 Å². The van der Waals surface area contributed by atoms with E-state index in [2.05, 4.69) is 64.4 Å². The Kier molecular flexibility index (Phi) is 5.58. The number of fused-ring (bicyclic) bond motifs is 2. The normalized spacial score (nSPS) is 20.0. The Morgan fingerprint density at radius 3 is 2.44 bits per heavy atom. The highest BCUT2D eigenvalue weighted by atomic mass is 16.7. The largest absolute Gasteiger partial charge is 0.462 e. The summed E-state index contributed by atoms with van der Waals surface area (Å²) in [7, 11) is 0. The van der Waals surface area contributed by atoms with E-state index in [1.54, 1.807) is 6.26 Å². The van der Waals surface area contributed by atoms with Crippen LogP contribution in [0.15, 0.2) is 66.6 Å². The van der Waals surface area contributed by atoms with Crippen LogP contribution in [0.4, 0.5) is 5.69 Å². The SMILES string of the molecule is CC(C)C(=O)N1CCC2(CC1)CN(C(Cc1ccccc1)C1=COCO1)c1ccccc12. The molecule has 5 nitrogen and oxygen atoms in total. The van der Waals surface area contributed by atoms with Gasteiger partial charge < -0.3 is 19.3 Å². The molecule has 0 radical (unpaired) electrons. The molecule has 32 heavy (non-hydrogen) atoms. The molecule has 3 aliphatic rings. The minimum Gasteiger partial charge on any atom is -0.462 e. The van der Waals surface area contributed by atoms with E-state index >= 15 is 0 Å². The Hall–Kier alpha value is -2.95. The molecule has 3 aliphatic heterocycles. The molecule has 5 rings (SSSR count). The lowest BCUT2D eigenvalue weighted by Gasteiger charge is -2.41. The van der Waals surface area contributed by atoms with Crippen LogP contribution in [0.2, 0.25) is 0 Å². The van der Waals surface area contributed by atoms with Crippen LogP contribution in [0.25, 0.3) is 0 Å². The number of benzene rings is 2. The maximum absolute atomic E-state index is 12.6. The first kappa shape index (κ1) is 20.9. The number of amides is 1. The summed E-state index contributed by atoms with van der Waals surface area (Å²) in [5.41, 5.74) is 4.05. The van der Waals surface area contributed by atoms with Gasteiger partial charge in [0.15, 0.2) is 5.76 Å². The molecule has 1 atom stereocenters. The number of anilines is 1. The zero-order valence-corrected chi connectivity index (χ0v) is 19.0. The molecular formula is C27H32N2O3. The van der Waals surface area contributed by atoms with Gasteiger partial charge in [-0.1, -0.05) is 62.4 Å². The highest BCUT2D eigenvalue weighted by Crippen LogP contribution is 2.48. The Labute approximate surface area is 190 Å². The average Bonchev–Trinajstić information content (AvgIpc) is 3.46. The molecule has 0 bridgehead atoms. The lowest BCUT2D eigenvalue weighted by Crippen LogP contribution is -2.49. The molecule has 5 heteroatoms. The number of nitrogens with zero attached hydrogens (tertiary/aromatic N) is 2. The first-order valence-electron chi connectivity index (χ1n) is 11.7. The van der Waals surface area contributed by atoms with Crippen molar-refractivity contribution in [2.45, 2.75) is 44.6 Å².